The van der Waals surface area contributed by atoms with Crippen LogP contribution in [0.1, 0.15) is 85.8 Å². The lowest BCUT2D eigenvalue weighted by Gasteiger charge is -2.40. The molecule has 6 rings (SSSR count). The van der Waals surface area contributed by atoms with Crippen LogP contribution in [0.3, 0.4) is 0 Å². The van der Waals surface area contributed by atoms with Gasteiger partial charge in [0.1, 0.15) is 22.6 Å². The molecule has 9 nitrogen and oxygen atoms in total. The SMILES string of the molecule is CCOC(=O)C=Cc1ccc(NC(=O)C2(NC(=O)c3cnn4c(C5CCCCC5)c(-c5ccc(F)cc5)n(C)c34)CCC2)cc1. The van der Waals surface area contributed by atoms with Crippen LogP contribution in [-0.4, -0.2) is 44.1 Å². The van der Waals surface area contributed by atoms with E-state index in [0.717, 1.165) is 54.6 Å². The Balaban J connectivity index is 1.25. The standard InChI is InChI=1S/C35H38FN5O4/c1-3-45-29(42)19-12-23-10-17-27(18-11-23)38-34(44)35(20-7-21-35)39-32(43)28-22-37-41-31(24-8-5-4-6-9-24)30(40(2)33(28)41)25-13-15-26(36)16-14-25/h10-19,22,24H,3-9,20-21H2,1-2H3,(H,38,44)(H,39,43). The highest BCUT2D eigenvalue weighted by Gasteiger charge is 2.46. The number of aryl methyl sites for hydroxylation is 1. The third-order valence-corrected chi connectivity index (χ3v) is 9.08. The van der Waals surface area contributed by atoms with Crippen molar-refractivity contribution in [2.45, 2.75) is 69.7 Å². The van der Waals surface area contributed by atoms with Crippen molar-refractivity contribution >= 4 is 35.2 Å². The Kier molecular flexibility index (Phi) is 8.56. The number of carbonyl (C=O) groups is 3. The summed E-state index contributed by atoms with van der Waals surface area (Å²) < 4.78 is 22.6. The molecule has 2 aromatic heterocycles. The molecule has 2 N–H and O–H groups in total. The van der Waals surface area contributed by atoms with Gasteiger partial charge in [-0.3, -0.25) is 9.59 Å². The molecule has 234 valence electrons. The molecule has 45 heavy (non-hydrogen) atoms. The Labute approximate surface area is 261 Å². The molecule has 0 aliphatic heterocycles. The quantitative estimate of drug-likeness (QED) is 0.168. The molecule has 2 aliphatic rings. The van der Waals surface area contributed by atoms with E-state index in [1.54, 1.807) is 55.6 Å². The van der Waals surface area contributed by atoms with Crippen molar-refractivity contribution in [2.75, 3.05) is 11.9 Å². The number of imidazole rings is 1. The third-order valence-electron chi connectivity index (χ3n) is 9.08. The first-order valence-corrected chi connectivity index (χ1v) is 15.7. The molecule has 0 unspecified atom stereocenters. The molecule has 0 radical (unpaired) electrons. The Bertz CT molecular complexity index is 1740. The van der Waals surface area contributed by atoms with Gasteiger partial charge in [-0.1, -0.05) is 31.4 Å². The van der Waals surface area contributed by atoms with Crippen molar-refractivity contribution < 1.29 is 23.5 Å². The molecule has 2 amide bonds. The summed E-state index contributed by atoms with van der Waals surface area (Å²) in [6.07, 6.45) is 12.0. The number of rotatable bonds is 9. The highest BCUT2D eigenvalue weighted by atomic mass is 19.1. The molecule has 10 heteroatoms. The van der Waals surface area contributed by atoms with E-state index in [-0.39, 0.29) is 23.5 Å². The van der Waals surface area contributed by atoms with Gasteiger partial charge < -0.3 is 19.9 Å². The molecule has 2 aromatic carbocycles. The number of hydrogen-bond acceptors (Lipinski definition) is 5. The molecular weight excluding hydrogens is 573 g/mol. The first-order valence-electron chi connectivity index (χ1n) is 15.7. The van der Waals surface area contributed by atoms with Gasteiger partial charge in [-0.25, -0.2) is 13.7 Å². The van der Waals surface area contributed by atoms with Gasteiger partial charge in [0.15, 0.2) is 0 Å². The van der Waals surface area contributed by atoms with Crippen LogP contribution in [0.4, 0.5) is 10.1 Å². The van der Waals surface area contributed by atoms with Gasteiger partial charge in [0.2, 0.25) is 5.91 Å². The Hall–Kier alpha value is -4.73. The van der Waals surface area contributed by atoms with Crippen LogP contribution >= 0.6 is 0 Å². The van der Waals surface area contributed by atoms with E-state index in [1.807, 2.05) is 16.1 Å². The van der Waals surface area contributed by atoms with Crippen LogP contribution in [0, 0.1) is 5.82 Å². The first kappa shape index (κ1) is 30.3. The van der Waals surface area contributed by atoms with E-state index in [9.17, 15) is 18.8 Å². The second-order valence-electron chi connectivity index (χ2n) is 12.0. The van der Waals surface area contributed by atoms with E-state index in [4.69, 9.17) is 9.84 Å². The number of benzene rings is 2. The minimum atomic E-state index is -1.04. The molecule has 2 heterocycles. The summed E-state index contributed by atoms with van der Waals surface area (Å²) in [5, 5.41) is 10.7. The normalized spacial score (nSPS) is 16.4. The molecule has 0 saturated heterocycles. The zero-order valence-electron chi connectivity index (χ0n) is 25.6. The fraction of sp³-hybridized carbons (Fsp3) is 0.371. The highest BCUT2D eigenvalue weighted by Crippen LogP contribution is 2.40. The Morgan fingerprint density at radius 3 is 2.38 bits per heavy atom. The summed E-state index contributed by atoms with van der Waals surface area (Å²) in [5.41, 5.74) is 4.20. The summed E-state index contributed by atoms with van der Waals surface area (Å²) in [4.78, 5) is 39.0. The lowest BCUT2D eigenvalue weighted by molar-refractivity contribution is -0.137. The summed E-state index contributed by atoms with van der Waals surface area (Å²) in [6.45, 7) is 2.06. The Morgan fingerprint density at radius 2 is 1.73 bits per heavy atom. The number of nitrogens with one attached hydrogen (secondary N) is 2. The summed E-state index contributed by atoms with van der Waals surface area (Å²) in [7, 11) is 1.91. The van der Waals surface area contributed by atoms with Crippen molar-refractivity contribution in [3.63, 3.8) is 0 Å². The average Bonchev–Trinajstić information content (AvgIpc) is 3.58. The summed E-state index contributed by atoms with van der Waals surface area (Å²) in [5.74, 6) is -1.08. The molecule has 2 fully saturated rings. The second-order valence-corrected chi connectivity index (χ2v) is 12.0. The van der Waals surface area contributed by atoms with Crippen molar-refractivity contribution in [1.29, 1.82) is 0 Å². The first-order chi connectivity index (χ1) is 21.8. The van der Waals surface area contributed by atoms with Crippen LogP contribution in [0.25, 0.3) is 23.0 Å². The van der Waals surface area contributed by atoms with Gasteiger partial charge in [-0.15, -0.1) is 0 Å². The number of fused-ring (bicyclic) bond motifs is 1. The number of halogens is 1. The number of esters is 1. The minimum absolute atomic E-state index is 0.272. The van der Waals surface area contributed by atoms with Crippen LogP contribution < -0.4 is 10.6 Å². The van der Waals surface area contributed by atoms with Crippen molar-refractivity contribution in [2.24, 2.45) is 7.05 Å². The monoisotopic (exact) mass is 611 g/mol. The zero-order chi connectivity index (χ0) is 31.6. The van der Waals surface area contributed by atoms with E-state index in [1.165, 1.54) is 24.6 Å². The summed E-state index contributed by atoms with van der Waals surface area (Å²) in [6, 6.07) is 13.5. The number of ether oxygens (including phenoxy) is 1. The van der Waals surface area contributed by atoms with E-state index in [2.05, 4.69) is 10.6 Å². The lowest BCUT2D eigenvalue weighted by atomic mass is 9.75. The number of amides is 2. The maximum Gasteiger partial charge on any atom is 0.330 e. The molecule has 2 saturated carbocycles. The lowest BCUT2D eigenvalue weighted by Crippen LogP contribution is -2.61. The second kappa shape index (κ2) is 12.7. The Morgan fingerprint density at radius 1 is 1.02 bits per heavy atom. The van der Waals surface area contributed by atoms with E-state index >= 15 is 0 Å². The smallest absolute Gasteiger partial charge is 0.330 e. The number of anilines is 1. The van der Waals surface area contributed by atoms with Gasteiger partial charge in [-0.2, -0.15) is 5.10 Å². The predicted molar refractivity (Wildman–Crippen MR) is 170 cm³/mol. The van der Waals surface area contributed by atoms with Gasteiger partial charge in [0.25, 0.3) is 5.91 Å². The van der Waals surface area contributed by atoms with Crippen molar-refractivity contribution in [3.05, 3.63) is 83.4 Å². The molecule has 0 atom stereocenters. The highest BCUT2D eigenvalue weighted by molar-refractivity contribution is 6.06. The number of carbonyl (C=O) groups excluding carboxylic acids is 3. The van der Waals surface area contributed by atoms with Gasteiger partial charge in [0.05, 0.1) is 24.2 Å². The van der Waals surface area contributed by atoms with Gasteiger partial charge >= 0.3 is 5.97 Å². The minimum Gasteiger partial charge on any atom is -0.463 e. The van der Waals surface area contributed by atoms with Gasteiger partial charge in [-0.05, 0) is 87.1 Å². The fourth-order valence-corrected chi connectivity index (χ4v) is 6.58. The third kappa shape index (κ3) is 6.01. The summed E-state index contributed by atoms with van der Waals surface area (Å²) >= 11 is 0. The van der Waals surface area contributed by atoms with E-state index < -0.39 is 11.5 Å². The van der Waals surface area contributed by atoms with Crippen molar-refractivity contribution in [3.8, 4) is 11.3 Å². The van der Waals surface area contributed by atoms with Crippen LogP contribution in [0.2, 0.25) is 0 Å². The van der Waals surface area contributed by atoms with Crippen LogP contribution in [0.5, 0.6) is 0 Å². The van der Waals surface area contributed by atoms with Gasteiger partial charge in [0, 0.05) is 30.3 Å². The van der Waals surface area contributed by atoms with Crippen LogP contribution in [-0.2, 0) is 21.4 Å². The number of aromatic nitrogens is 3. The molecule has 4 aromatic rings. The van der Waals surface area contributed by atoms with Crippen molar-refractivity contribution in [1.82, 2.24) is 19.5 Å². The fourth-order valence-electron chi connectivity index (χ4n) is 6.58. The number of hydrogen-bond donors (Lipinski definition) is 2. The largest absolute Gasteiger partial charge is 0.463 e. The maximum absolute atomic E-state index is 13.9. The topological polar surface area (TPSA) is 107 Å². The predicted octanol–water partition coefficient (Wildman–Crippen LogP) is 6.39. The van der Waals surface area contributed by atoms with E-state index in [0.29, 0.717) is 36.3 Å². The average molecular weight is 612 g/mol. The number of nitrogens with zero attached hydrogens (tertiary/aromatic N) is 3. The molecule has 2 aliphatic carbocycles. The molecule has 0 bridgehead atoms. The van der Waals surface area contributed by atoms with Crippen LogP contribution in [0.15, 0.2) is 60.8 Å². The molecule has 0 spiro atoms. The zero-order valence-corrected chi connectivity index (χ0v) is 25.6. The maximum atomic E-state index is 13.9. The molecular formula is C35H38FN5O4.